The summed E-state index contributed by atoms with van der Waals surface area (Å²) in [4.78, 5) is 18.9. The van der Waals surface area contributed by atoms with Gasteiger partial charge in [-0.25, -0.2) is 9.97 Å². The maximum absolute atomic E-state index is 11.4. The number of hydrogen-bond donors (Lipinski definition) is 0. The van der Waals surface area contributed by atoms with E-state index in [2.05, 4.69) is 9.97 Å². The van der Waals surface area contributed by atoms with E-state index in [4.69, 9.17) is 4.74 Å². The van der Waals surface area contributed by atoms with Crippen molar-refractivity contribution < 1.29 is 9.53 Å². The highest BCUT2D eigenvalue weighted by molar-refractivity contribution is 5.95. The summed E-state index contributed by atoms with van der Waals surface area (Å²) in [5.74, 6) is 0.0673. The van der Waals surface area contributed by atoms with Crippen molar-refractivity contribution in [1.29, 1.82) is 0 Å². The molecule has 70 valence electrons. The van der Waals surface area contributed by atoms with Crippen molar-refractivity contribution in [1.82, 2.24) is 9.97 Å². The number of hydrogen-bond acceptors (Lipinski definition) is 4. The Bertz CT molecular complexity index is 262. The number of ketones is 1. The minimum atomic E-state index is 0.0673. The summed E-state index contributed by atoms with van der Waals surface area (Å²) in [5.41, 5.74) is 0.568. The van der Waals surface area contributed by atoms with Crippen LogP contribution in [0.5, 0.6) is 0 Å². The molecule has 0 aliphatic heterocycles. The first-order valence-corrected chi connectivity index (χ1v) is 4.11. The summed E-state index contributed by atoms with van der Waals surface area (Å²) in [6.45, 7) is 0.611. The van der Waals surface area contributed by atoms with Crippen molar-refractivity contribution in [3.63, 3.8) is 0 Å². The van der Waals surface area contributed by atoms with Gasteiger partial charge in [-0.3, -0.25) is 4.79 Å². The zero-order valence-electron chi connectivity index (χ0n) is 7.56. The molecule has 1 heterocycles. The third-order valence-corrected chi connectivity index (χ3v) is 1.63. The van der Waals surface area contributed by atoms with Crippen molar-refractivity contribution in [2.75, 3.05) is 13.7 Å². The van der Waals surface area contributed by atoms with Crippen LogP contribution < -0.4 is 0 Å². The zero-order valence-corrected chi connectivity index (χ0v) is 7.56. The van der Waals surface area contributed by atoms with E-state index in [1.807, 2.05) is 0 Å². The van der Waals surface area contributed by atoms with E-state index in [1.165, 1.54) is 18.7 Å². The molecular formula is C9H12N2O2. The van der Waals surface area contributed by atoms with Crippen LogP contribution in [0.4, 0.5) is 0 Å². The van der Waals surface area contributed by atoms with Crippen LogP contribution in [-0.4, -0.2) is 29.5 Å². The first kappa shape index (κ1) is 9.80. The molecule has 0 aromatic carbocycles. The molecule has 1 aromatic rings. The maximum Gasteiger partial charge on any atom is 0.166 e. The van der Waals surface area contributed by atoms with Crippen LogP contribution in [0, 0.1) is 0 Å². The molecule has 1 rings (SSSR count). The Morgan fingerprint density at radius 2 is 2.15 bits per heavy atom. The Kier molecular flexibility index (Phi) is 4.05. The predicted molar refractivity (Wildman–Crippen MR) is 47.5 cm³/mol. The highest BCUT2D eigenvalue weighted by atomic mass is 16.5. The van der Waals surface area contributed by atoms with Crippen molar-refractivity contribution in [3.05, 3.63) is 24.3 Å². The smallest absolute Gasteiger partial charge is 0.166 e. The van der Waals surface area contributed by atoms with Gasteiger partial charge in [-0.05, 0) is 6.42 Å². The van der Waals surface area contributed by atoms with Gasteiger partial charge in [-0.15, -0.1) is 0 Å². The highest BCUT2D eigenvalue weighted by Gasteiger charge is 2.04. The normalized spacial score (nSPS) is 9.92. The highest BCUT2D eigenvalue weighted by Crippen LogP contribution is 2.01. The average Bonchev–Trinajstić information content (AvgIpc) is 2.19. The van der Waals surface area contributed by atoms with Gasteiger partial charge in [0.2, 0.25) is 0 Å². The van der Waals surface area contributed by atoms with Gasteiger partial charge >= 0.3 is 0 Å². The number of nitrogens with zero attached hydrogens (tertiary/aromatic N) is 2. The largest absolute Gasteiger partial charge is 0.385 e. The van der Waals surface area contributed by atoms with Gasteiger partial charge in [-0.2, -0.15) is 0 Å². The summed E-state index contributed by atoms with van der Waals surface area (Å²) < 4.78 is 4.84. The number of carbonyl (C=O) groups excluding carboxylic acids is 1. The van der Waals surface area contributed by atoms with Crippen LogP contribution in [-0.2, 0) is 4.74 Å². The first-order chi connectivity index (χ1) is 6.34. The van der Waals surface area contributed by atoms with Gasteiger partial charge in [0.1, 0.15) is 6.33 Å². The fourth-order valence-electron chi connectivity index (χ4n) is 0.964. The number of ether oxygens (including phenoxy) is 1. The lowest BCUT2D eigenvalue weighted by Crippen LogP contribution is -2.02. The summed E-state index contributed by atoms with van der Waals surface area (Å²) in [7, 11) is 1.62. The average molecular weight is 180 g/mol. The molecule has 0 fully saturated rings. The van der Waals surface area contributed by atoms with E-state index >= 15 is 0 Å². The SMILES string of the molecule is COCCCC(=O)c1cncnc1. The third kappa shape index (κ3) is 3.29. The van der Waals surface area contributed by atoms with Crippen LogP contribution in [0.3, 0.4) is 0 Å². The second-order valence-electron chi connectivity index (χ2n) is 2.65. The van der Waals surface area contributed by atoms with Crippen LogP contribution in [0.2, 0.25) is 0 Å². The lowest BCUT2D eigenvalue weighted by Gasteiger charge is -1.98. The molecule has 0 saturated carbocycles. The molecule has 0 amide bonds. The van der Waals surface area contributed by atoms with E-state index in [9.17, 15) is 4.79 Å². The van der Waals surface area contributed by atoms with E-state index < -0.39 is 0 Å². The van der Waals surface area contributed by atoms with Crippen LogP contribution in [0.15, 0.2) is 18.7 Å². The number of carbonyl (C=O) groups is 1. The molecule has 0 radical (unpaired) electrons. The molecule has 1 aromatic heterocycles. The summed E-state index contributed by atoms with van der Waals surface area (Å²) in [6, 6.07) is 0. The first-order valence-electron chi connectivity index (χ1n) is 4.11. The van der Waals surface area contributed by atoms with Gasteiger partial charge in [0.15, 0.2) is 5.78 Å². The Labute approximate surface area is 77.0 Å². The quantitative estimate of drug-likeness (QED) is 0.502. The van der Waals surface area contributed by atoms with E-state index in [0.29, 0.717) is 18.6 Å². The van der Waals surface area contributed by atoms with Crippen molar-refractivity contribution in [2.24, 2.45) is 0 Å². The van der Waals surface area contributed by atoms with Gasteiger partial charge in [0.05, 0.1) is 5.56 Å². The Hall–Kier alpha value is -1.29. The molecule has 4 nitrogen and oxygen atoms in total. The van der Waals surface area contributed by atoms with Crippen LogP contribution in [0.25, 0.3) is 0 Å². The molecule has 0 saturated heterocycles. The van der Waals surface area contributed by atoms with Gasteiger partial charge in [0, 0.05) is 32.5 Å². The molecule has 13 heavy (non-hydrogen) atoms. The van der Waals surface area contributed by atoms with Crippen LogP contribution >= 0.6 is 0 Å². The molecule has 0 atom stereocenters. The second kappa shape index (κ2) is 5.37. The van der Waals surface area contributed by atoms with Gasteiger partial charge in [0.25, 0.3) is 0 Å². The summed E-state index contributed by atoms with van der Waals surface area (Å²) in [5, 5.41) is 0. The predicted octanol–water partition coefficient (Wildman–Crippen LogP) is 1.09. The fraction of sp³-hybridized carbons (Fsp3) is 0.444. The molecule has 0 unspecified atom stereocenters. The molecule has 0 spiro atoms. The van der Waals surface area contributed by atoms with Gasteiger partial charge in [-0.1, -0.05) is 0 Å². The van der Waals surface area contributed by atoms with Crippen molar-refractivity contribution in [2.45, 2.75) is 12.8 Å². The van der Waals surface area contributed by atoms with E-state index in [-0.39, 0.29) is 5.78 Å². The molecule has 0 aliphatic carbocycles. The molecule has 0 N–H and O–H groups in total. The van der Waals surface area contributed by atoms with E-state index in [1.54, 1.807) is 7.11 Å². The van der Waals surface area contributed by atoms with Crippen molar-refractivity contribution >= 4 is 5.78 Å². The number of methoxy groups -OCH3 is 1. The monoisotopic (exact) mass is 180 g/mol. The Balaban J connectivity index is 2.40. The van der Waals surface area contributed by atoms with E-state index in [0.717, 1.165) is 6.42 Å². The maximum atomic E-state index is 11.4. The summed E-state index contributed by atoms with van der Waals surface area (Å²) >= 11 is 0. The third-order valence-electron chi connectivity index (χ3n) is 1.63. The standard InChI is InChI=1S/C9H12N2O2/c1-13-4-2-3-9(12)8-5-10-7-11-6-8/h5-7H,2-4H2,1H3. The fourth-order valence-corrected chi connectivity index (χ4v) is 0.964. The number of rotatable bonds is 5. The van der Waals surface area contributed by atoms with Gasteiger partial charge < -0.3 is 4.74 Å². The van der Waals surface area contributed by atoms with Crippen LogP contribution in [0.1, 0.15) is 23.2 Å². The lowest BCUT2D eigenvalue weighted by atomic mass is 10.1. The second-order valence-corrected chi connectivity index (χ2v) is 2.65. The number of aromatic nitrogens is 2. The minimum Gasteiger partial charge on any atom is -0.385 e. The molecule has 0 aliphatic rings. The molecule has 0 bridgehead atoms. The lowest BCUT2D eigenvalue weighted by molar-refractivity contribution is 0.0962. The Morgan fingerprint density at radius 3 is 2.77 bits per heavy atom. The number of Topliss-reactive ketones (excluding diaryl/α,β-unsaturated/α-hetero) is 1. The Morgan fingerprint density at radius 1 is 1.46 bits per heavy atom. The zero-order chi connectivity index (χ0) is 9.52. The minimum absolute atomic E-state index is 0.0673. The molecular weight excluding hydrogens is 168 g/mol. The molecule has 4 heteroatoms. The van der Waals surface area contributed by atoms with Crippen molar-refractivity contribution in [3.8, 4) is 0 Å². The summed E-state index contributed by atoms with van der Waals surface area (Å²) in [6.07, 6.45) is 5.70. The topological polar surface area (TPSA) is 52.1 Å².